The molecule has 0 fully saturated rings. The highest BCUT2D eigenvalue weighted by Gasteiger charge is 2.05. The molecule has 0 aromatic carbocycles. The molecule has 0 atom stereocenters. The van der Waals surface area contributed by atoms with Crippen molar-refractivity contribution in [1.29, 1.82) is 0 Å². The van der Waals surface area contributed by atoms with Gasteiger partial charge in [-0.15, -0.1) is 5.10 Å². The fraction of sp³-hybridized carbons (Fsp3) is 0. The second-order valence-electron chi connectivity index (χ2n) is 2.30. The van der Waals surface area contributed by atoms with Crippen LogP contribution in [0.1, 0.15) is 0 Å². The van der Waals surface area contributed by atoms with Gasteiger partial charge >= 0.3 is 5.35 Å². The zero-order valence-electron chi connectivity index (χ0n) is 6.32. The lowest BCUT2D eigenvalue weighted by Gasteiger charge is -1.90. The lowest BCUT2D eigenvalue weighted by Crippen LogP contribution is -2.01. The third-order valence-electron chi connectivity index (χ3n) is 1.43. The summed E-state index contributed by atoms with van der Waals surface area (Å²) in [7, 11) is 0. The van der Waals surface area contributed by atoms with Crippen LogP contribution in [0.5, 0.6) is 0 Å². The third-order valence-corrected chi connectivity index (χ3v) is 1.58. The summed E-state index contributed by atoms with van der Waals surface area (Å²) in [4.78, 5) is 13.2. The van der Waals surface area contributed by atoms with Crippen LogP contribution in [0.15, 0.2) is 27.5 Å². The van der Waals surface area contributed by atoms with E-state index in [1.807, 2.05) is 0 Å². The van der Waals surface area contributed by atoms with Crippen LogP contribution in [0, 0.1) is 0 Å². The van der Waals surface area contributed by atoms with Crippen LogP contribution in [0.2, 0.25) is 5.35 Å². The van der Waals surface area contributed by atoms with E-state index in [9.17, 15) is 4.79 Å². The Balaban J connectivity index is 2.47. The summed E-state index contributed by atoms with van der Waals surface area (Å²) >= 11 is 5.43. The molecule has 0 radical (unpaired) electrons. The number of hydrogen-bond donors (Lipinski definition) is 1. The molecule has 0 aliphatic carbocycles. The van der Waals surface area contributed by atoms with E-state index >= 15 is 0 Å². The van der Waals surface area contributed by atoms with Gasteiger partial charge in [0.25, 0.3) is 5.89 Å². The first-order valence-corrected chi connectivity index (χ1v) is 3.81. The molecule has 2 aromatic heterocycles. The zero-order valence-corrected chi connectivity index (χ0v) is 7.08. The molecule has 0 bridgehead atoms. The van der Waals surface area contributed by atoms with Gasteiger partial charge in [-0.2, -0.15) is 0 Å². The Morgan fingerprint density at radius 2 is 2.23 bits per heavy atom. The molecule has 0 saturated heterocycles. The largest absolute Gasteiger partial charge is 0.407 e. The fourth-order valence-electron chi connectivity index (χ4n) is 0.866. The van der Waals surface area contributed by atoms with Gasteiger partial charge in [0.05, 0.1) is 5.56 Å². The molecule has 0 saturated carbocycles. The highest BCUT2D eigenvalue weighted by Crippen LogP contribution is 2.17. The summed E-state index contributed by atoms with van der Waals surface area (Å²) in [6, 6.07) is 2.94. The van der Waals surface area contributed by atoms with Gasteiger partial charge in [-0.3, -0.25) is 4.79 Å². The maximum absolute atomic E-state index is 10.7. The summed E-state index contributed by atoms with van der Waals surface area (Å²) < 4.78 is 4.93. The van der Waals surface area contributed by atoms with Gasteiger partial charge in [0.1, 0.15) is 0 Å². The Labute approximate surface area is 77.4 Å². The van der Waals surface area contributed by atoms with Gasteiger partial charge in [0, 0.05) is 12.3 Å². The van der Waals surface area contributed by atoms with Crippen LogP contribution in [0.3, 0.4) is 0 Å². The number of aromatic amines is 1. The second kappa shape index (κ2) is 3.02. The van der Waals surface area contributed by atoms with Crippen LogP contribution in [-0.2, 0) is 0 Å². The van der Waals surface area contributed by atoms with Crippen LogP contribution in [-0.4, -0.2) is 15.2 Å². The first kappa shape index (κ1) is 8.00. The molecule has 2 aromatic rings. The number of H-pyrrole nitrogens is 1. The number of hydrogen-bond acceptors (Lipinski definition) is 4. The molecular formula is C7H4ClN3O2. The van der Waals surface area contributed by atoms with E-state index in [1.54, 1.807) is 6.07 Å². The quantitative estimate of drug-likeness (QED) is 0.743. The van der Waals surface area contributed by atoms with Crippen molar-refractivity contribution >= 4 is 11.6 Å². The van der Waals surface area contributed by atoms with Crippen LogP contribution in [0.4, 0.5) is 0 Å². The van der Waals surface area contributed by atoms with Crippen molar-refractivity contribution in [3.05, 3.63) is 34.0 Å². The van der Waals surface area contributed by atoms with Gasteiger partial charge in [-0.1, -0.05) is 5.10 Å². The topological polar surface area (TPSA) is 71.8 Å². The number of rotatable bonds is 1. The van der Waals surface area contributed by atoms with Gasteiger partial charge in [0.15, 0.2) is 0 Å². The molecule has 2 heterocycles. The Kier molecular flexibility index (Phi) is 1.86. The standard InChI is InChI=1S/C7H4ClN3O2/c8-7-11-10-6(13-7)4-1-2-5(12)9-3-4/h1-3H,(H,9,12). The number of pyridine rings is 1. The predicted octanol–water partition coefficient (Wildman–Crippen LogP) is 1.08. The van der Waals surface area contributed by atoms with E-state index in [1.165, 1.54) is 12.3 Å². The normalized spacial score (nSPS) is 10.2. The number of nitrogens with one attached hydrogen (secondary N) is 1. The minimum atomic E-state index is -0.186. The number of halogens is 1. The molecule has 0 spiro atoms. The predicted molar refractivity (Wildman–Crippen MR) is 45.4 cm³/mol. The van der Waals surface area contributed by atoms with E-state index in [2.05, 4.69) is 15.2 Å². The highest BCUT2D eigenvalue weighted by atomic mass is 35.5. The molecule has 0 aliphatic rings. The van der Waals surface area contributed by atoms with Gasteiger partial charge in [-0.25, -0.2) is 0 Å². The van der Waals surface area contributed by atoms with Crippen molar-refractivity contribution in [3.8, 4) is 11.5 Å². The first-order chi connectivity index (χ1) is 6.25. The lowest BCUT2D eigenvalue weighted by molar-refractivity contribution is 0.570. The van der Waals surface area contributed by atoms with E-state index in [0.717, 1.165) is 0 Å². The monoisotopic (exact) mass is 197 g/mol. The average molecular weight is 198 g/mol. The van der Waals surface area contributed by atoms with Gasteiger partial charge in [0.2, 0.25) is 5.56 Å². The Bertz CT molecular complexity index is 456. The van der Waals surface area contributed by atoms with E-state index < -0.39 is 0 Å². The SMILES string of the molecule is O=c1ccc(-c2nnc(Cl)o2)c[nH]1. The minimum absolute atomic E-state index is 0.0267. The molecule has 2 rings (SSSR count). The van der Waals surface area contributed by atoms with Crippen molar-refractivity contribution in [2.45, 2.75) is 0 Å². The second-order valence-corrected chi connectivity index (χ2v) is 2.63. The van der Waals surface area contributed by atoms with E-state index in [4.69, 9.17) is 16.0 Å². The molecular weight excluding hydrogens is 194 g/mol. The molecule has 13 heavy (non-hydrogen) atoms. The van der Waals surface area contributed by atoms with Crippen molar-refractivity contribution in [2.24, 2.45) is 0 Å². The third kappa shape index (κ3) is 1.59. The van der Waals surface area contributed by atoms with Crippen molar-refractivity contribution < 1.29 is 4.42 Å². The van der Waals surface area contributed by atoms with E-state index in [0.29, 0.717) is 5.56 Å². The maximum atomic E-state index is 10.7. The Morgan fingerprint density at radius 1 is 1.38 bits per heavy atom. The first-order valence-electron chi connectivity index (χ1n) is 3.44. The summed E-state index contributed by atoms with van der Waals surface area (Å²) in [5.74, 6) is 0.279. The Hall–Kier alpha value is -1.62. The molecule has 0 aliphatic heterocycles. The highest BCUT2D eigenvalue weighted by molar-refractivity contribution is 6.27. The minimum Gasteiger partial charge on any atom is -0.407 e. The van der Waals surface area contributed by atoms with Gasteiger partial charge < -0.3 is 9.40 Å². The molecule has 66 valence electrons. The van der Waals surface area contributed by atoms with Crippen molar-refractivity contribution in [1.82, 2.24) is 15.2 Å². The summed E-state index contributed by atoms with van der Waals surface area (Å²) in [5.41, 5.74) is 0.438. The van der Waals surface area contributed by atoms with Gasteiger partial charge in [-0.05, 0) is 17.7 Å². The van der Waals surface area contributed by atoms with Crippen LogP contribution >= 0.6 is 11.6 Å². The lowest BCUT2D eigenvalue weighted by atomic mass is 10.3. The molecule has 0 unspecified atom stereocenters. The molecule has 1 N–H and O–H groups in total. The number of aromatic nitrogens is 3. The zero-order chi connectivity index (χ0) is 9.26. The van der Waals surface area contributed by atoms with Crippen LogP contribution < -0.4 is 5.56 Å². The smallest absolute Gasteiger partial charge is 0.313 e. The number of nitrogens with zero attached hydrogens (tertiary/aromatic N) is 2. The van der Waals surface area contributed by atoms with Crippen molar-refractivity contribution in [3.63, 3.8) is 0 Å². The molecule has 5 nitrogen and oxygen atoms in total. The average Bonchev–Trinajstić information content (AvgIpc) is 2.53. The maximum Gasteiger partial charge on any atom is 0.313 e. The van der Waals surface area contributed by atoms with E-state index in [-0.39, 0.29) is 16.8 Å². The molecule has 6 heteroatoms. The van der Waals surface area contributed by atoms with Crippen molar-refractivity contribution in [2.75, 3.05) is 0 Å². The summed E-state index contributed by atoms with van der Waals surface area (Å²) in [5, 5.41) is 7.09. The fourth-order valence-corrected chi connectivity index (χ4v) is 0.976. The van der Waals surface area contributed by atoms with Crippen LogP contribution in [0.25, 0.3) is 11.5 Å². The molecule has 0 amide bonds. The Morgan fingerprint density at radius 3 is 2.77 bits per heavy atom. The summed E-state index contributed by atoms with van der Waals surface area (Å²) in [6.45, 7) is 0. The summed E-state index contributed by atoms with van der Waals surface area (Å²) in [6.07, 6.45) is 1.48.